The zero-order valence-corrected chi connectivity index (χ0v) is 10.1. The minimum absolute atomic E-state index is 0.368. The molecule has 0 fully saturated rings. The van der Waals surface area contributed by atoms with Gasteiger partial charge in [0.2, 0.25) is 6.41 Å². The third kappa shape index (κ3) is 4.95. The Balaban J connectivity index is 2.39. The minimum Gasteiger partial charge on any atom is -0.314 e. The maximum atomic E-state index is 10.1. The summed E-state index contributed by atoms with van der Waals surface area (Å²) < 4.78 is 0.536. The smallest absolute Gasteiger partial charge is 0.212 e. The van der Waals surface area contributed by atoms with Crippen molar-refractivity contribution in [3.8, 4) is 0 Å². The number of rotatable bonds is 4. The first-order valence-electron chi connectivity index (χ1n) is 4.67. The van der Waals surface area contributed by atoms with Crippen molar-refractivity contribution < 1.29 is 4.79 Å². The second-order valence-electron chi connectivity index (χ2n) is 3.17. The lowest BCUT2D eigenvalue weighted by Crippen LogP contribution is -2.18. The summed E-state index contributed by atoms with van der Waals surface area (Å²) in [5.41, 5.74) is 1.28. The van der Waals surface area contributed by atoms with E-state index in [1.165, 1.54) is 17.3 Å². The van der Waals surface area contributed by atoms with Gasteiger partial charge >= 0.3 is 0 Å². The lowest BCUT2D eigenvalue weighted by molar-refractivity contribution is -0.108. The van der Waals surface area contributed by atoms with E-state index in [4.69, 9.17) is 12.2 Å². The number of hydrogen-bond donors (Lipinski definition) is 1. The summed E-state index contributed by atoms with van der Waals surface area (Å²) in [6, 6.07) is 10.2. The second kappa shape index (κ2) is 6.58. The van der Waals surface area contributed by atoms with Crippen LogP contribution in [0, 0.1) is 0 Å². The number of thioether (sulfide) groups is 1. The number of amides is 1. The molecule has 1 unspecified atom stereocenters. The van der Waals surface area contributed by atoms with Gasteiger partial charge in [0.05, 0.1) is 0 Å². The first-order chi connectivity index (χ1) is 7.22. The number of carbonyl (C=O) groups is 1. The van der Waals surface area contributed by atoms with Gasteiger partial charge in [-0.1, -0.05) is 61.2 Å². The van der Waals surface area contributed by atoms with E-state index in [-0.39, 0.29) is 0 Å². The van der Waals surface area contributed by atoms with Crippen molar-refractivity contribution in [2.24, 2.45) is 0 Å². The van der Waals surface area contributed by atoms with E-state index in [1.54, 1.807) is 0 Å². The Bertz CT molecular complexity index is 327. The molecule has 0 aliphatic carbocycles. The monoisotopic (exact) mass is 239 g/mol. The molecule has 1 aromatic carbocycles. The Labute approximate surface area is 99.4 Å². The largest absolute Gasteiger partial charge is 0.314 e. The molecule has 2 nitrogen and oxygen atoms in total. The Morgan fingerprint density at radius 1 is 1.53 bits per heavy atom. The van der Waals surface area contributed by atoms with Crippen molar-refractivity contribution in [1.29, 1.82) is 0 Å². The first-order valence-corrected chi connectivity index (χ1v) is 5.96. The molecule has 0 spiro atoms. The summed E-state index contributed by atoms with van der Waals surface area (Å²) in [5.74, 6) is 0. The van der Waals surface area contributed by atoms with Gasteiger partial charge in [-0.15, -0.1) is 0 Å². The van der Waals surface area contributed by atoms with Crippen molar-refractivity contribution in [3.63, 3.8) is 0 Å². The zero-order chi connectivity index (χ0) is 11.1. The maximum absolute atomic E-state index is 10.1. The van der Waals surface area contributed by atoms with E-state index in [2.05, 4.69) is 24.4 Å². The molecule has 80 valence electrons. The van der Waals surface area contributed by atoms with E-state index in [9.17, 15) is 4.79 Å². The number of hydrogen-bond acceptors (Lipinski definition) is 3. The number of carbonyl (C=O) groups excluding carboxylic acids is 1. The van der Waals surface area contributed by atoms with Crippen LogP contribution in [0.15, 0.2) is 30.3 Å². The van der Waals surface area contributed by atoms with Crippen LogP contribution in [0.1, 0.15) is 12.5 Å². The summed E-state index contributed by atoms with van der Waals surface area (Å²) in [5, 5.41) is 2.84. The van der Waals surface area contributed by atoms with Gasteiger partial charge in [0, 0.05) is 5.25 Å². The van der Waals surface area contributed by atoms with Crippen LogP contribution in [-0.4, -0.2) is 16.0 Å². The van der Waals surface area contributed by atoms with Crippen LogP contribution in [0.2, 0.25) is 0 Å². The SMILES string of the molecule is CC(Cc1ccccc1)SC(=S)NC=O. The average Bonchev–Trinajstić information content (AvgIpc) is 2.19. The van der Waals surface area contributed by atoms with Crippen LogP contribution in [0.5, 0.6) is 0 Å². The highest BCUT2D eigenvalue weighted by Crippen LogP contribution is 2.16. The highest BCUT2D eigenvalue weighted by molar-refractivity contribution is 8.23. The Hall–Kier alpha value is -0.870. The number of nitrogens with one attached hydrogen (secondary N) is 1. The molecule has 1 rings (SSSR count). The van der Waals surface area contributed by atoms with Gasteiger partial charge in [-0.3, -0.25) is 4.79 Å². The van der Waals surface area contributed by atoms with Crippen molar-refractivity contribution in [1.82, 2.24) is 5.32 Å². The standard InChI is InChI=1S/C11H13NOS2/c1-9(15-11(14)12-8-13)7-10-5-3-2-4-6-10/h2-6,8-9H,7H2,1H3,(H,12,13,14). The highest BCUT2D eigenvalue weighted by atomic mass is 32.2. The summed E-state index contributed by atoms with van der Waals surface area (Å²) in [6.45, 7) is 2.09. The molecular formula is C11H13NOS2. The van der Waals surface area contributed by atoms with Crippen LogP contribution in [-0.2, 0) is 11.2 Å². The molecule has 1 aromatic rings. The fourth-order valence-corrected chi connectivity index (χ4v) is 2.55. The summed E-state index contributed by atoms with van der Waals surface area (Å²) >= 11 is 6.47. The fourth-order valence-electron chi connectivity index (χ4n) is 1.25. The summed E-state index contributed by atoms with van der Waals surface area (Å²) in [6.07, 6.45) is 1.57. The number of thiocarbonyl (C=S) groups is 1. The van der Waals surface area contributed by atoms with E-state index in [0.29, 0.717) is 16.0 Å². The second-order valence-corrected chi connectivity index (χ2v) is 5.28. The topological polar surface area (TPSA) is 29.1 Å². The van der Waals surface area contributed by atoms with Gasteiger partial charge in [0.25, 0.3) is 0 Å². The Morgan fingerprint density at radius 2 is 2.20 bits per heavy atom. The predicted molar refractivity (Wildman–Crippen MR) is 69.0 cm³/mol. The first kappa shape index (κ1) is 12.2. The van der Waals surface area contributed by atoms with Crippen molar-refractivity contribution in [3.05, 3.63) is 35.9 Å². The van der Waals surface area contributed by atoms with E-state index < -0.39 is 0 Å². The summed E-state index contributed by atoms with van der Waals surface area (Å²) in [4.78, 5) is 10.1. The average molecular weight is 239 g/mol. The lowest BCUT2D eigenvalue weighted by Gasteiger charge is -2.10. The molecular weight excluding hydrogens is 226 g/mol. The number of benzene rings is 1. The van der Waals surface area contributed by atoms with Crippen LogP contribution in [0.4, 0.5) is 0 Å². The molecule has 4 heteroatoms. The van der Waals surface area contributed by atoms with Crippen molar-refractivity contribution >= 4 is 34.7 Å². The molecule has 0 heterocycles. The third-order valence-corrected chi connectivity index (χ3v) is 3.16. The van der Waals surface area contributed by atoms with Gasteiger partial charge < -0.3 is 5.32 Å². The molecule has 0 aliphatic heterocycles. The summed E-state index contributed by atoms with van der Waals surface area (Å²) in [7, 11) is 0. The van der Waals surface area contributed by atoms with Gasteiger partial charge in [0.15, 0.2) is 0 Å². The maximum Gasteiger partial charge on any atom is 0.212 e. The van der Waals surface area contributed by atoms with Gasteiger partial charge in [0.1, 0.15) is 4.32 Å². The van der Waals surface area contributed by atoms with Gasteiger partial charge in [-0.25, -0.2) is 0 Å². The highest BCUT2D eigenvalue weighted by Gasteiger charge is 2.06. The Morgan fingerprint density at radius 3 is 2.80 bits per heavy atom. The molecule has 0 radical (unpaired) electrons. The van der Waals surface area contributed by atoms with Crippen LogP contribution < -0.4 is 5.32 Å². The third-order valence-electron chi connectivity index (χ3n) is 1.85. The molecule has 1 N–H and O–H groups in total. The molecule has 1 atom stereocenters. The van der Waals surface area contributed by atoms with Gasteiger partial charge in [-0.2, -0.15) is 0 Å². The lowest BCUT2D eigenvalue weighted by atomic mass is 10.1. The van der Waals surface area contributed by atoms with E-state index in [1.807, 2.05) is 18.2 Å². The molecule has 1 amide bonds. The zero-order valence-electron chi connectivity index (χ0n) is 8.47. The minimum atomic E-state index is 0.368. The molecule has 0 saturated carbocycles. The fraction of sp³-hybridized carbons (Fsp3) is 0.273. The van der Waals surface area contributed by atoms with Crippen molar-refractivity contribution in [2.45, 2.75) is 18.6 Å². The van der Waals surface area contributed by atoms with E-state index in [0.717, 1.165) is 6.42 Å². The van der Waals surface area contributed by atoms with Gasteiger partial charge in [-0.05, 0) is 12.0 Å². The van der Waals surface area contributed by atoms with Crippen LogP contribution in [0.25, 0.3) is 0 Å². The predicted octanol–water partition coefficient (Wildman–Crippen LogP) is 2.38. The molecule has 0 aliphatic rings. The molecule has 15 heavy (non-hydrogen) atoms. The van der Waals surface area contributed by atoms with Crippen molar-refractivity contribution in [2.75, 3.05) is 0 Å². The Kier molecular flexibility index (Phi) is 5.36. The normalized spacial score (nSPS) is 11.8. The van der Waals surface area contributed by atoms with Crippen LogP contribution in [0.3, 0.4) is 0 Å². The van der Waals surface area contributed by atoms with Crippen LogP contribution >= 0.6 is 24.0 Å². The molecule has 0 aromatic heterocycles. The quantitative estimate of drug-likeness (QED) is 0.646. The molecule has 0 saturated heterocycles. The van der Waals surface area contributed by atoms with E-state index >= 15 is 0 Å². The molecule has 0 bridgehead atoms.